The number of carbonyl (C=O) groups is 5. The summed E-state index contributed by atoms with van der Waals surface area (Å²) in [5.41, 5.74) is 30.8. The summed E-state index contributed by atoms with van der Waals surface area (Å²) in [4.78, 5) is 67.2. The smallest absolute Gasteiger partial charge is 0.243 e. The Morgan fingerprint density at radius 2 is 1.35 bits per heavy atom. The standard InChI is InChI=1S/C34H52N10O7/c35-10-1-3-24-33(50)44-27(34(51)42-25(4-2-11-36)32(49)43-26(9-12-37)31(48)40-14-13-38)18-22-16-20(6-8-29(22)46)19-5-7-28(45)21(15-19)17-23(39)30(47)41-24/h5-8,15-16,23-27,45-46H,1-4,9-14,17-18,35-39H2,(H,40,48)(H,41,47)(H,42,51)(H,43,49)(H,44,50)/t23-,24-,25-,26-,27-/m0/s1. The number of fused-ring (bicyclic) bond motifs is 5. The van der Waals surface area contributed by atoms with E-state index in [0.29, 0.717) is 35.1 Å². The molecule has 1 aliphatic rings. The number of carbonyl (C=O) groups excluding carboxylic acids is 5. The number of hydrogen-bond acceptors (Lipinski definition) is 12. The number of benzene rings is 2. The van der Waals surface area contributed by atoms with Crippen molar-refractivity contribution >= 4 is 29.5 Å². The minimum Gasteiger partial charge on any atom is -0.508 e. The first-order chi connectivity index (χ1) is 24.4. The van der Waals surface area contributed by atoms with Crippen molar-refractivity contribution in [2.45, 2.75) is 75.2 Å². The van der Waals surface area contributed by atoms with Gasteiger partial charge in [0.05, 0.1) is 6.04 Å². The van der Waals surface area contributed by atoms with Crippen molar-refractivity contribution in [3.8, 4) is 22.6 Å². The number of nitrogens with two attached hydrogens (primary N) is 5. The molecule has 1 aliphatic heterocycles. The molecule has 5 atom stereocenters. The maximum Gasteiger partial charge on any atom is 0.243 e. The summed E-state index contributed by atoms with van der Waals surface area (Å²) in [5, 5.41) is 34.7. The molecule has 17 N–H and O–H groups in total. The molecule has 17 heteroatoms. The van der Waals surface area contributed by atoms with Crippen molar-refractivity contribution in [2.24, 2.45) is 28.7 Å². The quantitative estimate of drug-likeness (QED) is 0.0881. The topological polar surface area (TPSA) is 316 Å². The molecule has 51 heavy (non-hydrogen) atoms. The molecule has 0 aliphatic carbocycles. The van der Waals surface area contributed by atoms with Gasteiger partial charge >= 0.3 is 0 Å². The monoisotopic (exact) mass is 712 g/mol. The minimum atomic E-state index is -1.36. The van der Waals surface area contributed by atoms with Gasteiger partial charge in [-0.2, -0.15) is 0 Å². The van der Waals surface area contributed by atoms with Crippen LogP contribution in [0.2, 0.25) is 0 Å². The second-order valence-electron chi connectivity index (χ2n) is 12.5. The van der Waals surface area contributed by atoms with Crippen molar-refractivity contribution in [3.05, 3.63) is 47.5 Å². The summed E-state index contributed by atoms with van der Waals surface area (Å²) in [6.07, 6.45) is 0.761. The normalized spacial score (nSPS) is 19.0. The van der Waals surface area contributed by atoms with Crippen LogP contribution in [0.1, 0.15) is 43.2 Å². The van der Waals surface area contributed by atoms with Gasteiger partial charge in [-0.3, -0.25) is 24.0 Å². The Bertz CT molecular complexity index is 1520. The fourth-order valence-corrected chi connectivity index (χ4v) is 5.65. The van der Waals surface area contributed by atoms with Gasteiger partial charge in [0.25, 0.3) is 0 Å². The first-order valence-corrected chi connectivity index (χ1v) is 17.1. The van der Waals surface area contributed by atoms with Crippen molar-refractivity contribution < 1.29 is 34.2 Å². The van der Waals surface area contributed by atoms with Gasteiger partial charge in [0, 0.05) is 25.9 Å². The Balaban J connectivity index is 2.02. The van der Waals surface area contributed by atoms with Crippen LogP contribution in [0, 0.1) is 0 Å². The van der Waals surface area contributed by atoms with E-state index >= 15 is 0 Å². The number of phenols is 2. The molecule has 5 amide bonds. The van der Waals surface area contributed by atoms with E-state index in [1.807, 2.05) is 0 Å². The number of phenolic OH excluding ortho intramolecular Hbond substituents is 2. The molecule has 0 unspecified atom stereocenters. The van der Waals surface area contributed by atoms with Crippen LogP contribution in [0.3, 0.4) is 0 Å². The maximum absolute atomic E-state index is 14.0. The zero-order valence-corrected chi connectivity index (χ0v) is 28.7. The molecule has 0 saturated heterocycles. The van der Waals surface area contributed by atoms with Gasteiger partial charge in [-0.25, -0.2) is 0 Å². The fraction of sp³-hybridized carbons (Fsp3) is 0.500. The summed E-state index contributed by atoms with van der Waals surface area (Å²) in [5.74, 6) is -3.54. The average molecular weight is 713 g/mol. The fourth-order valence-electron chi connectivity index (χ4n) is 5.65. The van der Waals surface area contributed by atoms with Crippen molar-refractivity contribution in [3.63, 3.8) is 0 Å². The Morgan fingerprint density at radius 1 is 0.745 bits per heavy atom. The van der Waals surface area contributed by atoms with Crippen LogP contribution in [-0.4, -0.2) is 103 Å². The highest BCUT2D eigenvalue weighted by Gasteiger charge is 2.32. The Labute approximate surface area is 296 Å². The van der Waals surface area contributed by atoms with Crippen molar-refractivity contribution in [2.75, 3.05) is 32.7 Å². The third kappa shape index (κ3) is 11.9. The van der Waals surface area contributed by atoms with Gasteiger partial charge in [0.2, 0.25) is 29.5 Å². The lowest BCUT2D eigenvalue weighted by Gasteiger charge is -2.27. The summed E-state index contributed by atoms with van der Waals surface area (Å²) in [7, 11) is 0. The van der Waals surface area contributed by atoms with Crippen LogP contribution in [0.4, 0.5) is 0 Å². The second-order valence-corrected chi connectivity index (χ2v) is 12.5. The van der Waals surface area contributed by atoms with E-state index in [2.05, 4.69) is 26.6 Å². The molecule has 0 radical (unpaired) electrons. The molecule has 17 nitrogen and oxygen atoms in total. The highest BCUT2D eigenvalue weighted by atomic mass is 16.3. The summed E-state index contributed by atoms with van der Waals surface area (Å²) >= 11 is 0. The van der Waals surface area contributed by atoms with E-state index < -0.39 is 59.7 Å². The van der Waals surface area contributed by atoms with E-state index in [1.165, 1.54) is 12.1 Å². The van der Waals surface area contributed by atoms with Crippen LogP contribution in [0.15, 0.2) is 36.4 Å². The Morgan fingerprint density at radius 3 is 1.94 bits per heavy atom. The number of nitrogens with one attached hydrogen (secondary N) is 5. The van der Waals surface area contributed by atoms with Crippen LogP contribution in [-0.2, 0) is 36.8 Å². The van der Waals surface area contributed by atoms with Crippen molar-refractivity contribution in [1.82, 2.24) is 26.6 Å². The molecule has 0 saturated carbocycles. The molecule has 3 rings (SSSR count). The second kappa shape index (κ2) is 20.1. The molecule has 1 heterocycles. The zero-order chi connectivity index (χ0) is 37.5. The summed E-state index contributed by atoms with van der Waals surface area (Å²) < 4.78 is 0. The van der Waals surface area contributed by atoms with Gasteiger partial charge in [0.1, 0.15) is 35.7 Å². The molecule has 0 aromatic heterocycles. The maximum atomic E-state index is 14.0. The molecule has 4 bridgehead atoms. The van der Waals surface area contributed by atoms with Crippen molar-refractivity contribution in [1.29, 1.82) is 0 Å². The third-order valence-corrected chi connectivity index (χ3v) is 8.52. The van der Waals surface area contributed by atoms with Gasteiger partial charge in [-0.05, 0) is 98.3 Å². The van der Waals surface area contributed by atoms with Crippen LogP contribution in [0.5, 0.6) is 11.5 Å². The van der Waals surface area contributed by atoms with E-state index in [-0.39, 0.29) is 76.3 Å². The molecule has 0 fully saturated rings. The number of aromatic hydroxyl groups is 2. The number of hydrogen-bond donors (Lipinski definition) is 12. The lowest BCUT2D eigenvalue weighted by molar-refractivity contribution is -0.134. The van der Waals surface area contributed by atoms with E-state index in [4.69, 9.17) is 28.7 Å². The molecular weight excluding hydrogens is 660 g/mol. The lowest BCUT2D eigenvalue weighted by atomic mass is 9.95. The predicted molar refractivity (Wildman–Crippen MR) is 191 cm³/mol. The SMILES string of the molecule is NCCC[C@H](NC(=O)[C@@H]1Cc2cc(ccc2O)-c2ccc(O)c(c2)C[C@H](N)C(=O)N[C@@H](CCCN)C(=O)N1)C(=O)N[C@@H](CCN)C(=O)NCCN. The van der Waals surface area contributed by atoms with Gasteiger partial charge < -0.3 is 65.5 Å². The number of rotatable bonds is 15. The molecule has 0 spiro atoms. The minimum absolute atomic E-state index is 0.0419. The molecule has 2 aromatic carbocycles. The highest BCUT2D eigenvalue weighted by Crippen LogP contribution is 2.31. The van der Waals surface area contributed by atoms with E-state index in [0.717, 1.165) is 0 Å². The van der Waals surface area contributed by atoms with Crippen LogP contribution < -0.4 is 55.3 Å². The largest absolute Gasteiger partial charge is 0.508 e. The van der Waals surface area contributed by atoms with E-state index in [1.54, 1.807) is 24.3 Å². The van der Waals surface area contributed by atoms with Gasteiger partial charge in [-0.1, -0.05) is 12.1 Å². The summed E-state index contributed by atoms with van der Waals surface area (Å²) in [6, 6.07) is 3.72. The Hall–Kier alpha value is -4.81. The molecule has 280 valence electrons. The average Bonchev–Trinajstić information content (AvgIpc) is 3.11. The predicted octanol–water partition coefficient (Wildman–Crippen LogP) is -2.97. The van der Waals surface area contributed by atoms with Crippen LogP contribution in [0.25, 0.3) is 11.1 Å². The summed E-state index contributed by atoms with van der Waals surface area (Å²) in [6.45, 7) is 0.883. The lowest BCUT2D eigenvalue weighted by Crippen LogP contribution is -2.59. The zero-order valence-electron chi connectivity index (χ0n) is 28.7. The number of amides is 5. The van der Waals surface area contributed by atoms with Gasteiger partial charge in [-0.15, -0.1) is 0 Å². The van der Waals surface area contributed by atoms with E-state index in [9.17, 15) is 34.2 Å². The highest BCUT2D eigenvalue weighted by molar-refractivity contribution is 5.96. The van der Waals surface area contributed by atoms with Gasteiger partial charge in [0.15, 0.2) is 0 Å². The Kier molecular flexibility index (Phi) is 16.0. The first-order valence-electron chi connectivity index (χ1n) is 17.1. The van der Waals surface area contributed by atoms with Crippen LogP contribution >= 0.6 is 0 Å². The first kappa shape index (κ1) is 40.6. The third-order valence-electron chi connectivity index (χ3n) is 8.52. The molecular formula is C34H52N10O7. The molecule has 2 aromatic rings.